The highest BCUT2D eigenvalue weighted by molar-refractivity contribution is 6.36. The van der Waals surface area contributed by atoms with E-state index in [1.807, 2.05) is 0 Å². The molecule has 0 aliphatic carbocycles. The Labute approximate surface area is 145 Å². The zero-order valence-electron chi connectivity index (χ0n) is 12.6. The molecule has 1 fully saturated rings. The first kappa shape index (κ1) is 16.3. The van der Waals surface area contributed by atoms with Crippen LogP contribution in [0.3, 0.4) is 0 Å². The Morgan fingerprint density at radius 1 is 1.13 bits per heavy atom. The van der Waals surface area contributed by atoms with Crippen LogP contribution in [-0.4, -0.2) is 11.9 Å². The molecule has 3 N–H and O–H groups in total. The molecule has 120 valence electrons. The van der Waals surface area contributed by atoms with Crippen molar-refractivity contribution in [3.05, 3.63) is 63.6 Å². The largest absolute Gasteiger partial charge is 0.323 e. The topological polar surface area (TPSA) is 53.2 Å². The van der Waals surface area contributed by atoms with Crippen LogP contribution >= 0.6 is 23.2 Å². The molecular formula is C17H17Cl2N3O. The van der Waals surface area contributed by atoms with Gasteiger partial charge in [0.1, 0.15) is 6.04 Å². The Balaban J connectivity index is 1.64. The summed E-state index contributed by atoms with van der Waals surface area (Å²) in [5, 5.41) is 3.79. The molecule has 2 aromatic rings. The van der Waals surface area contributed by atoms with Gasteiger partial charge in [-0.05, 0) is 37.1 Å². The van der Waals surface area contributed by atoms with Crippen molar-refractivity contribution in [2.75, 3.05) is 5.32 Å². The van der Waals surface area contributed by atoms with E-state index in [4.69, 9.17) is 23.2 Å². The normalized spacial score (nSPS) is 20.5. The molecule has 1 amide bonds. The van der Waals surface area contributed by atoms with Crippen molar-refractivity contribution >= 4 is 34.8 Å². The monoisotopic (exact) mass is 349 g/mol. The van der Waals surface area contributed by atoms with E-state index in [0.29, 0.717) is 22.2 Å². The number of carbonyl (C=O) groups excluding carboxylic acids is 1. The lowest BCUT2D eigenvalue weighted by molar-refractivity contribution is -0.117. The van der Waals surface area contributed by atoms with Gasteiger partial charge >= 0.3 is 0 Å². The van der Waals surface area contributed by atoms with Crippen LogP contribution in [-0.2, 0) is 4.79 Å². The summed E-state index contributed by atoms with van der Waals surface area (Å²) in [7, 11) is 0. The molecule has 1 aliphatic rings. The van der Waals surface area contributed by atoms with Gasteiger partial charge in [0, 0.05) is 11.1 Å². The van der Waals surface area contributed by atoms with E-state index in [2.05, 4.69) is 47.4 Å². The van der Waals surface area contributed by atoms with Crippen LogP contribution in [0.2, 0.25) is 10.0 Å². The first-order chi connectivity index (χ1) is 11.0. The van der Waals surface area contributed by atoms with Crippen LogP contribution < -0.4 is 16.2 Å². The minimum atomic E-state index is -0.326. The Bertz CT molecular complexity index is 718. The number of anilines is 1. The number of halogens is 2. The zero-order valence-corrected chi connectivity index (χ0v) is 14.1. The predicted molar refractivity (Wildman–Crippen MR) is 93.7 cm³/mol. The van der Waals surface area contributed by atoms with Crippen LogP contribution in [0.25, 0.3) is 0 Å². The summed E-state index contributed by atoms with van der Waals surface area (Å²) >= 11 is 11.9. The lowest BCUT2D eigenvalue weighted by Crippen LogP contribution is -2.39. The number of benzene rings is 2. The number of hydrogen-bond acceptors (Lipinski definition) is 3. The Morgan fingerprint density at radius 2 is 1.87 bits per heavy atom. The molecule has 0 bridgehead atoms. The average molecular weight is 350 g/mol. The molecule has 4 nitrogen and oxygen atoms in total. The van der Waals surface area contributed by atoms with Crippen molar-refractivity contribution in [1.29, 1.82) is 0 Å². The number of nitrogens with one attached hydrogen (secondary N) is 3. The van der Waals surface area contributed by atoms with Crippen molar-refractivity contribution in [2.45, 2.75) is 25.4 Å². The molecule has 0 aromatic heterocycles. The highest BCUT2D eigenvalue weighted by Gasteiger charge is 2.30. The molecule has 1 aliphatic heterocycles. The van der Waals surface area contributed by atoms with Gasteiger partial charge in [0.05, 0.1) is 10.7 Å². The minimum Gasteiger partial charge on any atom is -0.323 e. The fourth-order valence-electron chi connectivity index (χ4n) is 2.56. The van der Waals surface area contributed by atoms with Crippen LogP contribution in [0.4, 0.5) is 5.69 Å². The molecule has 2 atom stereocenters. The summed E-state index contributed by atoms with van der Waals surface area (Å²) in [6.45, 7) is 2.05. The second kappa shape index (κ2) is 6.89. The Morgan fingerprint density at radius 3 is 2.57 bits per heavy atom. The zero-order chi connectivity index (χ0) is 16.4. The summed E-state index contributed by atoms with van der Waals surface area (Å²) in [6, 6.07) is 13.1. The fraction of sp³-hybridized carbons (Fsp3) is 0.235. The van der Waals surface area contributed by atoms with Gasteiger partial charge < -0.3 is 5.32 Å². The number of rotatable bonds is 3. The Kier molecular flexibility index (Phi) is 4.87. The third-order valence-electron chi connectivity index (χ3n) is 3.89. The van der Waals surface area contributed by atoms with Crippen molar-refractivity contribution in [3.63, 3.8) is 0 Å². The van der Waals surface area contributed by atoms with E-state index in [1.54, 1.807) is 18.2 Å². The van der Waals surface area contributed by atoms with Gasteiger partial charge in [0.2, 0.25) is 5.91 Å². The van der Waals surface area contributed by atoms with E-state index in [9.17, 15) is 4.79 Å². The van der Waals surface area contributed by atoms with Crippen LogP contribution in [0.1, 0.15) is 23.6 Å². The van der Waals surface area contributed by atoms with Crippen molar-refractivity contribution in [3.8, 4) is 0 Å². The second-order valence-electron chi connectivity index (χ2n) is 5.65. The van der Waals surface area contributed by atoms with E-state index in [1.165, 1.54) is 5.56 Å². The first-order valence-electron chi connectivity index (χ1n) is 7.36. The number of amides is 1. The average Bonchev–Trinajstić information content (AvgIpc) is 3.01. The quantitative estimate of drug-likeness (QED) is 0.788. The maximum atomic E-state index is 12.4. The summed E-state index contributed by atoms with van der Waals surface area (Å²) in [6.07, 6.45) is 0.667. The van der Waals surface area contributed by atoms with Crippen LogP contribution in [0.5, 0.6) is 0 Å². The molecule has 0 spiro atoms. The number of hydrogen-bond donors (Lipinski definition) is 3. The van der Waals surface area contributed by atoms with Crippen molar-refractivity contribution < 1.29 is 4.79 Å². The third-order valence-corrected chi connectivity index (χ3v) is 4.44. The lowest BCUT2D eigenvalue weighted by Gasteiger charge is -2.12. The first-order valence-corrected chi connectivity index (χ1v) is 8.12. The molecule has 0 radical (unpaired) electrons. The van der Waals surface area contributed by atoms with E-state index in [0.717, 1.165) is 5.56 Å². The molecule has 2 unspecified atom stereocenters. The smallest absolute Gasteiger partial charge is 0.242 e. The fourth-order valence-corrected chi connectivity index (χ4v) is 3.01. The van der Waals surface area contributed by atoms with Gasteiger partial charge in [-0.25, -0.2) is 10.9 Å². The summed E-state index contributed by atoms with van der Waals surface area (Å²) < 4.78 is 0. The van der Waals surface area contributed by atoms with Gasteiger partial charge in [0.25, 0.3) is 0 Å². The minimum absolute atomic E-state index is 0.104. The number of aryl methyl sites for hydroxylation is 1. The van der Waals surface area contributed by atoms with Gasteiger partial charge in [0.15, 0.2) is 0 Å². The van der Waals surface area contributed by atoms with Gasteiger partial charge in [-0.2, -0.15) is 0 Å². The summed E-state index contributed by atoms with van der Waals surface area (Å²) in [5.74, 6) is -0.128. The summed E-state index contributed by atoms with van der Waals surface area (Å²) in [5.41, 5.74) is 9.13. The van der Waals surface area contributed by atoms with Gasteiger partial charge in [-0.3, -0.25) is 4.79 Å². The van der Waals surface area contributed by atoms with E-state index >= 15 is 0 Å². The Hall–Kier alpha value is -1.59. The predicted octanol–water partition coefficient (Wildman–Crippen LogP) is 3.85. The molecule has 2 aromatic carbocycles. The third kappa shape index (κ3) is 3.85. The molecule has 1 heterocycles. The van der Waals surface area contributed by atoms with Crippen LogP contribution in [0.15, 0.2) is 42.5 Å². The second-order valence-corrected chi connectivity index (χ2v) is 6.50. The highest BCUT2D eigenvalue weighted by atomic mass is 35.5. The molecular weight excluding hydrogens is 333 g/mol. The molecule has 3 rings (SSSR count). The maximum absolute atomic E-state index is 12.4. The summed E-state index contributed by atoms with van der Waals surface area (Å²) in [4.78, 5) is 12.4. The van der Waals surface area contributed by atoms with Crippen molar-refractivity contribution in [1.82, 2.24) is 10.9 Å². The SMILES string of the molecule is Cc1ccc(C2CC(C(=O)Nc3ccc(Cl)cc3Cl)NN2)cc1. The van der Waals surface area contributed by atoms with Gasteiger partial charge in [-0.1, -0.05) is 53.0 Å². The van der Waals surface area contributed by atoms with Crippen molar-refractivity contribution in [2.24, 2.45) is 0 Å². The lowest BCUT2D eigenvalue weighted by atomic mass is 10.0. The van der Waals surface area contributed by atoms with E-state index in [-0.39, 0.29) is 18.0 Å². The van der Waals surface area contributed by atoms with Crippen LogP contribution in [0, 0.1) is 6.92 Å². The molecule has 1 saturated heterocycles. The standard InChI is InChI=1S/C17H17Cl2N3O/c1-10-2-4-11(5-3-10)15-9-16(22-21-15)17(23)20-14-7-6-12(18)8-13(14)19/h2-8,15-16,21-22H,9H2,1H3,(H,20,23). The molecule has 6 heteroatoms. The molecule has 23 heavy (non-hydrogen) atoms. The number of carbonyl (C=O) groups is 1. The van der Waals surface area contributed by atoms with Gasteiger partial charge in [-0.15, -0.1) is 0 Å². The van der Waals surface area contributed by atoms with E-state index < -0.39 is 0 Å². The number of hydrazine groups is 1. The highest BCUT2D eigenvalue weighted by Crippen LogP contribution is 2.27. The maximum Gasteiger partial charge on any atom is 0.242 e. The molecule has 0 saturated carbocycles.